The fourth-order valence-electron chi connectivity index (χ4n) is 2.10. The van der Waals surface area contributed by atoms with E-state index in [-0.39, 0.29) is 6.10 Å². The van der Waals surface area contributed by atoms with Crippen molar-refractivity contribution in [1.82, 2.24) is 15.1 Å². The molecular formula is C14H15N3O2. The first-order chi connectivity index (χ1) is 9.29. The van der Waals surface area contributed by atoms with Crippen LogP contribution in [0.15, 0.2) is 35.0 Å². The van der Waals surface area contributed by atoms with Gasteiger partial charge in [-0.05, 0) is 26.0 Å². The number of hydrogen-bond donors (Lipinski definition) is 1. The summed E-state index contributed by atoms with van der Waals surface area (Å²) in [6.45, 7) is 4.47. The predicted molar refractivity (Wildman–Crippen MR) is 71.6 cm³/mol. The van der Waals surface area contributed by atoms with Crippen LogP contribution >= 0.6 is 0 Å². The van der Waals surface area contributed by atoms with Crippen molar-refractivity contribution >= 4 is 10.9 Å². The van der Waals surface area contributed by atoms with Crippen molar-refractivity contribution in [2.75, 3.05) is 6.61 Å². The van der Waals surface area contributed by atoms with Crippen molar-refractivity contribution in [3.63, 3.8) is 0 Å². The largest absolute Gasteiger partial charge is 0.371 e. The average Bonchev–Trinajstić information content (AvgIpc) is 3.07. The highest BCUT2D eigenvalue weighted by Crippen LogP contribution is 2.27. The Morgan fingerprint density at radius 2 is 2.26 bits per heavy atom. The van der Waals surface area contributed by atoms with E-state index in [1.807, 2.05) is 44.3 Å². The van der Waals surface area contributed by atoms with Crippen LogP contribution in [0.3, 0.4) is 0 Å². The van der Waals surface area contributed by atoms with Crippen LogP contribution in [0, 0.1) is 0 Å². The smallest absolute Gasteiger partial charge is 0.260 e. The molecule has 0 radical (unpaired) electrons. The third kappa shape index (κ3) is 2.13. The number of para-hydroxylation sites is 1. The molecule has 0 saturated carbocycles. The Hall–Kier alpha value is -2.14. The van der Waals surface area contributed by atoms with E-state index in [4.69, 9.17) is 9.26 Å². The lowest BCUT2D eigenvalue weighted by Gasteiger charge is -2.04. The fraction of sp³-hybridized carbons (Fsp3) is 0.286. The van der Waals surface area contributed by atoms with Crippen LogP contribution in [0.2, 0.25) is 0 Å². The molecule has 1 N–H and O–H groups in total. The molecule has 0 saturated heterocycles. The van der Waals surface area contributed by atoms with Crippen LogP contribution in [-0.4, -0.2) is 21.7 Å². The molecule has 0 bridgehead atoms. The molecule has 1 aromatic carbocycles. The number of aromatic amines is 1. The molecule has 5 heteroatoms. The molecule has 2 aromatic heterocycles. The molecule has 0 aliphatic heterocycles. The number of nitrogens with zero attached hydrogens (tertiary/aromatic N) is 2. The number of aromatic nitrogens is 3. The number of benzene rings is 1. The highest BCUT2D eigenvalue weighted by molar-refractivity contribution is 5.91. The molecule has 1 atom stereocenters. The van der Waals surface area contributed by atoms with Gasteiger partial charge in [0.1, 0.15) is 6.10 Å². The molecular weight excluding hydrogens is 242 g/mol. The second kappa shape index (κ2) is 4.85. The van der Waals surface area contributed by atoms with Gasteiger partial charge in [0.15, 0.2) is 0 Å². The molecule has 3 aromatic rings. The molecule has 0 spiro atoms. The Morgan fingerprint density at radius 1 is 1.37 bits per heavy atom. The minimum Gasteiger partial charge on any atom is -0.371 e. The van der Waals surface area contributed by atoms with E-state index in [0.717, 1.165) is 16.5 Å². The Morgan fingerprint density at radius 3 is 3.11 bits per heavy atom. The monoisotopic (exact) mass is 257 g/mol. The lowest BCUT2D eigenvalue weighted by molar-refractivity contribution is 0.0683. The van der Waals surface area contributed by atoms with E-state index in [1.54, 1.807) is 0 Å². The SMILES string of the molecule is CCOC(C)c1noc(-c2cccc3cc[nH]c23)n1. The van der Waals surface area contributed by atoms with Crippen LogP contribution in [0.4, 0.5) is 0 Å². The topological polar surface area (TPSA) is 63.9 Å². The van der Waals surface area contributed by atoms with Crippen LogP contribution in [0.1, 0.15) is 25.8 Å². The Labute approximate surface area is 110 Å². The summed E-state index contributed by atoms with van der Waals surface area (Å²) in [6.07, 6.45) is 1.74. The maximum atomic E-state index is 5.46. The summed E-state index contributed by atoms with van der Waals surface area (Å²) in [6, 6.07) is 7.98. The van der Waals surface area contributed by atoms with Gasteiger partial charge >= 0.3 is 0 Å². The Balaban J connectivity index is 2.00. The fourth-order valence-corrected chi connectivity index (χ4v) is 2.10. The van der Waals surface area contributed by atoms with Gasteiger partial charge in [0.05, 0.1) is 11.1 Å². The van der Waals surface area contributed by atoms with Crippen LogP contribution in [-0.2, 0) is 4.74 Å². The van der Waals surface area contributed by atoms with Crippen molar-refractivity contribution in [2.24, 2.45) is 0 Å². The third-order valence-electron chi connectivity index (χ3n) is 3.04. The lowest BCUT2D eigenvalue weighted by Crippen LogP contribution is -2.01. The zero-order valence-electron chi connectivity index (χ0n) is 10.9. The Kier molecular flexibility index (Phi) is 3.05. The van der Waals surface area contributed by atoms with E-state index in [2.05, 4.69) is 15.1 Å². The molecule has 0 aliphatic rings. The summed E-state index contributed by atoms with van der Waals surface area (Å²) in [5.74, 6) is 1.08. The average molecular weight is 257 g/mol. The number of nitrogens with one attached hydrogen (secondary N) is 1. The van der Waals surface area contributed by atoms with Gasteiger partial charge in [-0.15, -0.1) is 0 Å². The van der Waals surface area contributed by atoms with E-state index in [1.165, 1.54) is 0 Å². The van der Waals surface area contributed by atoms with Gasteiger partial charge < -0.3 is 14.2 Å². The first-order valence-electron chi connectivity index (χ1n) is 6.31. The zero-order valence-corrected chi connectivity index (χ0v) is 10.9. The van der Waals surface area contributed by atoms with E-state index in [9.17, 15) is 0 Å². The van der Waals surface area contributed by atoms with Crippen LogP contribution < -0.4 is 0 Å². The second-order valence-electron chi connectivity index (χ2n) is 4.30. The molecule has 5 nitrogen and oxygen atoms in total. The third-order valence-corrected chi connectivity index (χ3v) is 3.04. The number of H-pyrrole nitrogens is 1. The summed E-state index contributed by atoms with van der Waals surface area (Å²) in [5, 5.41) is 5.10. The maximum Gasteiger partial charge on any atom is 0.260 e. The summed E-state index contributed by atoms with van der Waals surface area (Å²) in [7, 11) is 0. The number of fused-ring (bicyclic) bond motifs is 1. The Bertz CT molecular complexity index is 687. The normalized spacial score (nSPS) is 12.9. The van der Waals surface area contributed by atoms with Gasteiger partial charge in [0, 0.05) is 18.2 Å². The number of hydrogen-bond acceptors (Lipinski definition) is 4. The van der Waals surface area contributed by atoms with Crippen LogP contribution in [0.25, 0.3) is 22.4 Å². The summed E-state index contributed by atoms with van der Waals surface area (Å²) in [4.78, 5) is 7.60. The summed E-state index contributed by atoms with van der Waals surface area (Å²) in [5.41, 5.74) is 1.91. The molecule has 2 heterocycles. The minimum absolute atomic E-state index is 0.162. The molecule has 3 rings (SSSR count). The van der Waals surface area contributed by atoms with Crippen molar-refractivity contribution in [3.8, 4) is 11.5 Å². The number of rotatable bonds is 4. The van der Waals surface area contributed by atoms with Gasteiger partial charge in [-0.3, -0.25) is 0 Å². The highest BCUT2D eigenvalue weighted by atomic mass is 16.5. The molecule has 0 fully saturated rings. The molecule has 1 unspecified atom stereocenters. The van der Waals surface area contributed by atoms with Gasteiger partial charge in [-0.2, -0.15) is 4.98 Å². The predicted octanol–water partition coefficient (Wildman–Crippen LogP) is 3.32. The molecule has 19 heavy (non-hydrogen) atoms. The zero-order chi connectivity index (χ0) is 13.2. The second-order valence-corrected chi connectivity index (χ2v) is 4.30. The lowest BCUT2D eigenvalue weighted by atomic mass is 10.1. The van der Waals surface area contributed by atoms with Crippen molar-refractivity contribution < 1.29 is 9.26 Å². The number of ether oxygens (including phenoxy) is 1. The van der Waals surface area contributed by atoms with Gasteiger partial charge in [0.2, 0.25) is 5.82 Å². The van der Waals surface area contributed by atoms with Crippen molar-refractivity contribution in [1.29, 1.82) is 0 Å². The van der Waals surface area contributed by atoms with Crippen LogP contribution in [0.5, 0.6) is 0 Å². The molecule has 98 valence electrons. The standard InChI is InChI=1S/C14H15N3O2/c1-3-18-9(2)13-16-14(19-17-13)11-6-4-5-10-7-8-15-12(10)11/h4-9,15H,3H2,1-2H3. The van der Waals surface area contributed by atoms with E-state index >= 15 is 0 Å². The maximum absolute atomic E-state index is 5.46. The van der Waals surface area contributed by atoms with Gasteiger partial charge in [0.25, 0.3) is 5.89 Å². The summed E-state index contributed by atoms with van der Waals surface area (Å²) >= 11 is 0. The highest BCUT2D eigenvalue weighted by Gasteiger charge is 2.16. The van der Waals surface area contributed by atoms with E-state index < -0.39 is 0 Å². The quantitative estimate of drug-likeness (QED) is 0.778. The first-order valence-corrected chi connectivity index (χ1v) is 6.31. The first kappa shape index (κ1) is 11.9. The summed E-state index contributed by atoms with van der Waals surface area (Å²) < 4.78 is 10.8. The molecule has 0 aliphatic carbocycles. The van der Waals surface area contributed by atoms with Crippen molar-refractivity contribution in [3.05, 3.63) is 36.3 Å². The van der Waals surface area contributed by atoms with Gasteiger partial charge in [-0.1, -0.05) is 17.3 Å². The molecule has 0 amide bonds. The van der Waals surface area contributed by atoms with Gasteiger partial charge in [-0.25, -0.2) is 0 Å². The minimum atomic E-state index is -0.162. The van der Waals surface area contributed by atoms with Crippen molar-refractivity contribution in [2.45, 2.75) is 20.0 Å². The van der Waals surface area contributed by atoms with E-state index in [0.29, 0.717) is 18.3 Å².